The van der Waals surface area contributed by atoms with E-state index in [1.165, 1.54) is 20.1 Å². The molecule has 1 aromatic carbocycles. The molecule has 0 spiro atoms. The third-order valence-corrected chi connectivity index (χ3v) is 4.47. The Morgan fingerprint density at radius 2 is 2.17 bits per heavy atom. The Morgan fingerprint density at radius 3 is 2.67 bits per heavy atom. The van der Waals surface area contributed by atoms with Gasteiger partial charge in [0.2, 0.25) is 10.0 Å². The highest BCUT2D eigenvalue weighted by Gasteiger charge is 2.24. The van der Waals surface area contributed by atoms with Crippen LogP contribution in [0, 0.1) is 5.82 Å². The minimum Gasteiger partial charge on any atom is -0.494 e. The van der Waals surface area contributed by atoms with E-state index in [4.69, 9.17) is 10.5 Å². The number of rotatable bonds is 5. The summed E-state index contributed by atoms with van der Waals surface area (Å²) in [4.78, 5) is -0.149. The van der Waals surface area contributed by atoms with E-state index in [0.717, 1.165) is 12.1 Å². The molecule has 100 valence electrons. The number of hydrogen-bond donors (Lipinski definition) is 2. The first-order valence-corrected chi connectivity index (χ1v) is 6.88. The normalized spacial score (nSPS) is 12.8. The molecule has 3 N–H and O–H groups in total. The van der Waals surface area contributed by atoms with Crippen molar-refractivity contribution in [1.29, 1.82) is 0 Å². The van der Waals surface area contributed by atoms with Crippen molar-refractivity contribution in [3.05, 3.63) is 24.0 Å². The predicted octanol–water partition coefficient (Wildman–Crippen LogP) is 1.25. The van der Waals surface area contributed by atoms with E-state index < -0.39 is 21.1 Å². The zero-order valence-electron chi connectivity index (χ0n) is 9.81. The molecule has 0 aromatic heterocycles. The molecule has 0 aliphatic rings. The quantitative estimate of drug-likeness (QED) is 0.798. The summed E-state index contributed by atoms with van der Waals surface area (Å²) in [6.45, 7) is 1.36. The average molecular weight is 292 g/mol. The summed E-state index contributed by atoms with van der Waals surface area (Å²) in [5.41, 5.74) is 5.42. The van der Waals surface area contributed by atoms with E-state index in [1.807, 2.05) is 0 Å². The van der Waals surface area contributed by atoms with Gasteiger partial charge in [-0.1, -0.05) is 12.2 Å². The van der Waals surface area contributed by atoms with E-state index in [-0.39, 0.29) is 16.4 Å². The third-order valence-electron chi connectivity index (χ3n) is 2.28. The number of sulfonamides is 1. The van der Waals surface area contributed by atoms with Gasteiger partial charge in [-0.3, -0.25) is 4.72 Å². The van der Waals surface area contributed by atoms with Crippen molar-refractivity contribution in [2.75, 3.05) is 11.8 Å². The van der Waals surface area contributed by atoms with Crippen LogP contribution in [0.1, 0.15) is 6.92 Å². The third kappa shape index (κ3) is 3.30. The summed E-state index contributed by atoms with van der Waals surface area (Å²) >= 11 is 4.63. The summed E-state index contributed by atoms with van der Waals surface area (Å²) in [6, 6.07) is 3.45. The molecule has 0 radical (unpaired) electrons. The molecule has 5 nitrogen and oxygen atoms in total. The molecule has 0 saturated carbocycles. The molecular formula is C10H13FN2O3S2. The monoisotopic (exact) mass is 292 g/mol. The Morgan fingerprint density at radius 1 is 1.56 bits per heavy atom. The highest BCUT2D eigenvalue weighted by atomic mass is 32.2. The number of halogens is 1. The Hall–Kier alpha value is -1.41. The molecule has 0 aliphatic heterocycles. The molecule has 0 fully saturated rings. The van der Waals surface area contributed by atoms with Crippen molar-refractivity contribution >= 4 is 32.9 Å². The van der Waals surface area contributed by atoms with Gasteiger partial charge in [0.05, 0.1) is 17.8 Å². The van der Waals surface area contributed by atoms with Crippen LogP contribution in [0.3, 0.4) is 0 Å². The van der Waals surface area contributed by atoms with Crippen LogP contribution in [0.2, 0.25) is 0 Å². The molecule has 1 atom stereocenters. The van der Waals surface area contributed by atoms with Gasteiger partial charge in [-0.2, -0.15) is 0 Å². The summed E-state index contributed by atoms with van der Waals surface area (Å²) in [7, 11) is -2.47. The summed E-state index contributed by atoms with van der Waals surface area (Å²) in [6.07, 6.45) is 0. The van der Waals surface area contributed by atoms with Crippen LogP contribution in [-0.2, 0) is 10.0 Å². The fourth-order valence-corrected chi connectivity index (χ4v) is 2.48. The molecule has 0 aliphatic carbocycles. The van der Waals surface area contributed by atoms with Gasteiger partial charge >= 0.3 is 0 Å². The minimum atomic E-state index is -3.78. The van der Waals surface area contributed by atoms with Crippen LogP contribution in [-0.4, -0.2) is 25.8 Å². The number of benzene rings is 1. The van der Waals surface area contributed by atoms with Crippen LogP contribution >= 0.6 is 12.2 Å². The van der Waals surface area contributed by atoms with Crippen molar-refractivity contribution in [2.45, 2.75) is 12.2 Å². The number of thiocarbonyl (C=S) groups is 1. The maximum Gasteiger partial charge on any atom is 0.242 e. The first-order chi connectivity index (χ1) is 8.27. The summed E-state index contributed by atoms with van der Waals surface area (Å²) < 4.78 is 43.8. The maximum absolute atomic E-state index is 13.0. The predicted molar refractivity (Wildman–Crippen MR) is 71.7 cm³/mol. The van der Waals surface area contributed by atoms with Gasteiger partial charge in [0.1, 0.15) is 16.8 Å². The lowest BCUT2D eigenvalue weighted by atomic mass is 10.3. The summed E-state index contributed by atoms with van der Waals surface area (Å²) in [5, 5.41) is -1.04. The molecule has 18 heavy (non-hydrogen) atoms. The molecule has 1 unspecified atom stereocenters. The average Bonchev–Trinajstić information content (AvgIpc) is 2.30. The smallest absolute Gasteiger partial charge is 0.242 e. The van der Waals surface area contributed by atoms with Crippen LogP contribution < -0.4 is 15.2 Å². The van der Waals surface area contributed by atoms with E-state index in [0.29, 0.717) is 0 Å². The molecule has 0 bridgehead atoms. The van der Waals surface area contributed by atoms with Crippen LogP contribution in [0.5, 0.6) is 5.75 Å². The van der Waals surface area contributed by atoms with Gasteiger partial charge < -0.3 is 10.5 Å². The molecule has 1 rings (SSSR count). The first-order valence-electron chi connectivity index (χ1n) is 4.92. The number of methoxy groups -OCH3 is 1. The largest absolute Gasteiger partial charge is 0.494 e. The molecule has 8 heteroatoms. The second-order valence-corrected chi connectivity index (χ2v) is 6.01. The number of nitrogens with one attached hydrogen (secondary N) is 1. The van der Waals surface area contributed by atoms with Crippen molar-refractivity contribution < 1.29 is 17.5 Å². The second kappa shape index (κ2) is 5.49. The van der Waals surface area contributed by atoms with E-state index in [1.54, 1.807) is 0 Å². The van der Waals surface area contributed by atoms with Crippen molar-refractivity contribution in [2.24, 2.45) is 5.73 Å². The topological polar surface area (TPSA) is 81.4 Å². The number of hydrogen-bond acceptors (Lipinski definition) is 4. The zero-order valence-corrected chi connectivity index (χ0v) is 11.4. The standard InChI is InChI=1S/C10H13FN2O3S2/c1-6(10(12)17)18(14,15)13-8-4-3-7(11)5-9(8)16-2/h3-6,13H,1-2H3,(H2,12,17). The number of ether oxygens (including phenoxy) is 1. The van der Waals surface area contributed by atoms with E-state index >= 15 is 0 Å². The Labute approximate surface area is 110 Å². The fraction of sp³-hybridized carbons (Fsp3) is 0.300. The van der Waals surface area contributed by atoms with Crippen molar-refractivity contribution in [3.63, 3.8) is 0 Å². The van der Waals surface area contributed by atoms with Gasteiger partial charge in [0, 0.05) is 6.07 Å². The zero-order chi connectivity index (χ0) is 13.9. The van der Waals surface area contributed by atoms with Crippen LogP contribution in [0.25, 0.3) is 0 Å². The molecule has 0 amide bonds. The second-order valence-electron chi connectivity index (χ2n) is 3.54. The van der Waals surface area contributed by atoms with Crippen LogP contribution in [0.15, 0.2) is 18.2 Å². The lowest BCUT2D eigenvalue weighted by molar-refractivity contribution is 0.413. The van der Waals surface area contributed by atoms with Gasteiger partial charge in [-0.05, 0) is 19.1 Å². The Bertz CT molecular complexity index is 560. The van der Waals surface area contributed by atoms with Crippen LogP contribution in [0.4, 0.5) is 10.1 Å². The molecular weight excluding hydrogens is 279 g/mol. The SMILES string of the molecule is COc1cc(F)ccc1NS(=O)(=O)C(C)C(N)=S. The van der Waals surface area contributed by atoms with E-state index in [9.17, 15) is 12.8 Å². The highest BCUT2D eigenvalue weighted by molar-refractivity contribution is 7.95. The van der Waals surface area contributed by atoms with Gasteiger partial charge in [0.25, 0.3) is 0 Å². The highest BCUT2D eigenvalue weighted by Crippen LogP contribution is 2.26. The lowest BCUT2D eigenvalue weighted by Gasteiger charge is -2.15. The van der Waals surface area contributed by atoms with Crippen molar-refractivity contribution in [3.8, 4) is 5.75 Å². The molecule has 0 heterocycles. The number of anilines is 1. The van der Waals surface area contributed by atoms with Gasteiger partial charge in [-0.25, -0.2) is 12.8 Å². The minimum absolute atomic E-state index is 0.0775. The fourth-order valence-electron chi connectivity index (χ4n) is 1.14. The Kier molecular flexibility index (Phi) is 4.47. The Balaban J connectivity index is 3.08. The number of nitrogens with two attached hydrogens (primary N) is 1. The lowest BCUT2D eigenvalue weighted by Crippen LogP contribution is -2.35. The van der Waals surface area contributed by atoms with Gasteiger partial charge in [0.15, 0.2) is 0 Å². The van der Waals surface area contributed by atoms with Gasteiger partial charge in [-0.15, -0.1) is 0 Å². The summed E-state index contributed by atoms with van der Waals surface area (Å²) in [5.74, 6) is -0.453. The molecule has 0 saturated heterocycles. The van der Waals surface area contributed by atoms with Crippen molar-refractivity contribution in [1.82, 2.24) is 0 Å². The first kappa shape index (κ1) is 14.7. The maximum atomic E-state index is 13.0. The van der Waals surface area contributed by atoms with E-state index in [2.05, 4.69) is 16.9 Å². The molecule has 1 aromatic rings.